The maximum absolute atomic E-state index is 12.9. The maximum Gasteiger partial charge on any atom is 0.338 e. The van der Waals surface area contributed by atoms with Crippen molar-refractivity contribution in [3.05, 3.63) is 82.9 Å². The van der Waals surface area contributed by atoms with Gasteiger partial charge in [0.15, 0.2) is 34.5 Å². The van der Waals surface area contributed by atoms with Crippen LogP contribution in [0.1, 0.15) is 44.7 Å². The van der Waals surface area contributed by atoms with Crippen LogP contribution >= 0.6 is 0 Å². The Hall–Kier alpha value is -6.18. The topological polar surface area (TPSA) is 255 Å². The Morgan fingerprint density at radius 1 is 0.500 bits per heavy atom. The highest BCUT2D eigenvalue weighted by Gasteiger charge is 2.27. The zero-order valence-corrected chi connectivity index (χ0v) is 25.3. The lowest BCUT2D eigenvalue weighted by molar-refractivity contribution is 0.0361. The minimum absolute atomic E-state index is 0.0308. The smallest absolute Gasteiger partial charge is 0.338 e. The summed E-state index contributed by atoms with van der Waals surface area (Å²) < 4.78 is 10.9. The first-order chi connectivity index (χ1) is 22.7. The van der Waals surface area contributed by atoms with E-state index >= 15 is 0 Å². The van der Waals surface area contributed by atoms with Crippen LogP contribution in [-0.4, -0.2) is 76.2 Å². The molecule has 2 atom stereocenters. The van der Waals surface area contributed by atoms with Gasteiger partial charge in [-0.05, 0) is 91.3 Å². The molecule has 48 heavy (non-hydrogen) atoms. The van der Waals surface area contributed by atoms with Crippen LogP contribution in [0.25, 0.3) is 0 Å². The van der Waals surface area contributed by atoms with Crippen molar-refractivity contribution >= 4 is 11.9 Å². The third kappa shape index (κ3) is 8.96. The van der Waals surface area contributed by atoms with Gasteiger partial charge >= 0.3 is 11.9 Å². The number of carbonyl (C=O) groups is 2. The van der Waals surface area contributed by atoms with Crippen molar-refractivity contribution in [2.75, 3.05) is 13.2 Å². The molecule has 0 aromatic heterocycles. The van der Waals surface area contributed by atoms with E-state index in [1.807, 2.05) is 0 Å². The van der Waals surface area contributed by atoms with Gasteiger partial charge in [0.2, 0.25) is 0 Å². The highest BCUT2D eigenvalue weighted by atomic mass is 16.5. The molecule has 10 N–H and O–H groups in total. The molecule has 0 heterocycles. The van der Waals surface area contributed by atoms with Crippen LogP contribution in [0.5, 0.6) is 57.5 Å². The van der Waals surface area contributed by atoms with Crippen LogP contribution in [0.4, 0.5) is 0 Å². The summed E-state index contributed by atoms with van der Waals surface area (Å²) in [6.07, 6.45) is 0.602. The van der Waals surface area contributed by atoms with Crippen molar-refractivity contribution in [2.24, 2.45) is 11.8 Å². The van der Waals surface area contributed by atoms with Crippen molar-refractivity contribution < 1.29 is 70.1 Å². The number of phenolic OH excluding ortho intramolecular Hbond substituents is 10. The number of hydrogen-bond donors (Lipinski definition) is 10. The lowest BCUT2D eigenvalue weighted by Gasteiger charge is -2.28. The van der Waals surface area contributed by atoms with Gasteiger partial charge in [-0.1, -0.05) is 0 Å². The Kier molecular flexibility index (Phi) is 10.8. The van der Waals surface area contributed by atoms with E-state index in [-0.39, 0.29) is 73.0 Å². The molecule has 0 spiro atoms. The molecule has 0 bridgehead atoms. The van der Waals surface area contributed by atoms with E-state index < -0.39 is 58.3 Å². The molecule has 0 amide bonds. The molecule has 0 unspecified atom stereocenters. The molecular formula is C34H34O14. The van der Waals surface area contributed by atoms with E-state index in [1.165, 1.54) is 24.3 Å². The highest BCUT2D eigenvalue weighted by Crippen LogP contribution is 2.39. The molecule has 0 aliphatic heterocycles. The number of hydrogen-bond acceptors (Lipinski definition) is 14. The van der Waals surface area contributed by atoms with Gasteiger partial charge in [0.1, 0.15) is 23.0 Å². The first-order valence-electron chi connectivity index (χ1n) is 14.6. The second-order valence-corrected chi connectivity index (χ2v) is 11.2. The summed E-state index contributed by atoms with van der Waals surface area (Å²) in [5.74, 6) is -8.18. The standard InChI is InChI=1S/C34H34O14/c35-23-10-20(11-24(36)14-23)33(45)47-3-1-2-19(4-17-6-27(39)31(43)28(40)7-17)22(5-18-8-29(41)32(44)30(42)9-18)16-48-34(46)21-12-25(37)15-26(38)13-21/h6-15,19,22,35-44H,1-5,16H2/t19-,22+/m1/s1. The Morgan fingerprint density at radius 3 is 1.29 bits per heavy atom. The third-order valence-electron chi connectivity index (χ3n) is 7.58. The Balaban J connectivity index is 1.61. The minimum Gasteiger partial charge on any atom is -0.508 e. The van der Waals surface area contributed by atoms with Crippen LogP contribution in [0.15, 0.2) is 60.7 Å². The third-order valence-corrected chi connectivity index (χ3v) is 7.58. The van der Waals surface area contributed by atoms with Gasteiger partial charge in [-0.15, -0.1) is 0 Å². The van der Waals surface area contributed by atoms with E-state index in [4.69, 9.17) is 9.47 Å². The predicted octanol–water partition coefficient (Wildman–Crippen LogP) is 4.25. The molecule has 4 aromatic rings. The number of rotatable bonds is 13. The summed E-state index contributed by atoms with van der Waals surface area (Å²) in [6, 6.07) is 11.4. The molecule has 0 saturated carbocycles. The number of ether oxygens (including phenoxy) is 2. The van der Waals surface area contributed by atoms with Crippen LogP contribution in [-0.2, 0) is 22.3 Å². The van der Waals surface area contributed by atoms with Crippen molar-refractivity contribution in [1.82, 2.24) is 0 Å². The molecule has 4 rings (SSSR count). The average molecular weight is 667 g/mol. The van der Waals surface area contributed by atoms with Crippen molar-refractivity contribution in [3.63, 3.8) is 0 Å². The number of phenols is 10. The lowest BCUT2D eigenvalue weighted by Crippen LogP contribution is -2.26. The summed E-state index contributed by atoms with van der Waals surface area (Å²) in [5, 5.41) is 99.2. The number of benzene rings is 4. The molecule has 254 valence electrons. The monoisotopic (exact) mass is 666 g/mol. The number of esters is 2. The molecule has 0 aliphatic rings. The fourth-order valence-corrected chi connectivity index (χ4v) is 5.31. The predicted molar refractivity (Wildman–Crippen MR) is 167 cm³/mol. The quantitative estimate of drug-likeness (QED) is 0.0544. The minimum atomic E-state index is -0.899. The summed E-state index contributed by atoms with van der Waals surface area (Å²) in [6.45, 7) is -0.436. The molecule has 0 fully saturated rings. The van der Waals surface area contributed by atoms with E-state index in [9.17, 15) is 60.7 Å². The highest BCUT2D eigenvalue weighted by molar-refractivity contribution is 5.91. The summed E-state index contributed by atoms with van der Waals surface area (Å²) in [7, 11) is 0. The van der Waals surface area contributed by atoms with Gasteiger partial charge in [-0.2, -0.15) is 0 Å². The van der Waals surface area contributed by atoms with E-state index in [0.717, 1.165) is 36.4 Å². The summed E-state index contributed by atoms with van der Waals surface area (Å²) in [5.41, 5.74) is 0.454. The van der Waals surface area contributed by atoms with E-state index in [2.05, 4.69) is 0 Å². The van der Waals surface area contributed by atoms with Gasteiger partial charge in [-0.3, -0.25) is 0 Å². The van der Waals surface area contributed by atoms with Crippen molar-refractivity contribution in [1.29, 1.82) is 0 Å². The van der Waals surface area contributed by atoms with Crippen molar-refractivity contribution in [3.8, 4) is 57.5 Å². The number of aromatic hydroxyl groups is 10. The first-order valence-corrected chi connectivity index (χ1v) is 14.6. The Labute approximate surface area is 273 Å². The van der Waals surface area contributed by atoms with E-state index in [1.54, 1.807) is 0 Å². The molecule has 0 saturated heterocycles. The molecular weight excluding hydrogens is 632 g/mol. The lowest BCUT2D eigenvalue weighted by atomic mass is 9.80. The molecule has 0 radical (unpaired) electrons. The normalized spacial score (nSPS) is 12.2. The van der Waals surface area contributed by atoms with Gasteiger partial charge < -0.3 is 60.5 Å². The SMILES string of the molecule is O=C(OCCC[C@H](Cc1cc(O)c(O)c(O)c1)[C@H](COC(=O)c1cc(O)cc(O)c1)Cc1cc(O)c(O)c(O)c1)c1cc(O)cc(O)c1. The van der Waals surface area contributed by atoms with Crippen molar-refractivity contribution in [2.45, 2.75) is 25.7 Å². The maximum atomic E-state index is 12.9. The average Bonchev–Trinajstić information content (AvgIpc) is 3.00. The number of carbonyl (C=O) groups excluding carboxylic acids is 2. The van der Waals surface area contributed by atoms with Crippen LogP contribution in [0.3, 0.4) is 0 Å². The van der Waals surface area contributed by atoms with Gasteiger partial charge in [-0.25, -0.2) is 9.59 Å². The Bertz CT molecular complexity index is 1710. The molecule has 4 aromatic carbocycles. The van der Waals surface area contributed by atoms with Gasteiger partial charge in [0.05, 0.1) is 24.3 Å². The largest absolute Gasteiger partial charge is 0.508 e. The van der Waals surface area contributed by atoms with Crippen LogP contribution < -0.4 is 0 Å². The van der Waals surface area contributed by atoms with E-state index in [0.29, 0.717) is 11.1 Å². The summed E-state index contributed by atoms with van der Waals surface area (Å²) >= 11 is 0. The molecule has 14 heteroatoms. The fourth-order valence-electron chi connectivity index (χ4n) is 5.31. The van der Waals surface area contributed by atoms with Crippen LogP contribution in [0.2, 0.25) is 0 Å². The summed E-state index contributed by atoms with van der Waals surface area (Å²) in [4.78, 5) is 25.5. The van der Waals surface area contributed by atoms with Crippen LogP contribution in [0, 0.1) is 11.8 Å². The van der Waals surface area contributed by atoms with Gasteiger partial charge in [0, 0.05) is 18.1 Å². The zero-order valence-electron chi connectivity index (χ0n) is 25.3. The fraction of sp³-hybridized carbons (Fsp3) is 0.235. The first kappa shape index (κ1) is 34.7. The Morgan fingerprint density at radius 2 is 0.875 bits per heavy atom. The molecule has 0 aliphatic carbocycles. The second kappa shape index (κ2) is 14.9. The second-order valence-electron chi connectivity index (χ2n) is 11.2. The van der Waals surface area contributed by atoms with Gasteiger partial charge in [0.25, 0.3) is 0 Å². The zero-order chi connectivity index (χ0) is 35.1. The molecule has 14 nitrogen and oxygen atoms in total.